The van der Waals surface area contributed by atoms with Gasteiger partial charge in [-0.2, -0.15) is 11.8 Å². The summed E-state index contributed by atoms with van der Waals surface area (Å²) < 4.78 is 0. The van der Waals surface area contributed by atoms with Crippen molar-refractivity contribution in [2.45, 2.75) is 149 Å². The zero-order valence-electron chi connectivity index (χ0n) is 39.1. The monoisotopic (exact) mass is 947 g/mol. The van der Waals surface area contributed by atoms with Crippen molar-refractivity contribution in [1.29, 1.82) is 0 Å². The molecule has 24 heteroatoms. The molecule has 0 aromatic rings. The molecule has 0 heterocycles. The second-order valence-electron chi connectivity index (χ2n) is 17.1. The highest BCUT2D eigenvalue weighted by molar-refractivity contribution is 7.98. The number of carbonyl (C=O) groups is 10. The first kappa shape index (κ1) is 59.9. The summed E-state index contributed by atoms with van der Waals surface area (Å²) in [5.74, 6) is -11.0. The van der Waals surface area contributed by atoms with Gasteiger partial charge in [-0.1, -0.05) is 55.4 Å². The number of nitrogens with two attached hydrogens (primary N) is 2. The largest absolute Gasteiger partial charge is 0.481 e. The first-order valence-electron chi connectivity index (χ1n) is 21.7. The average molecular weight is 947 g/mol. The van der Waals surface area contributed by atoms with Gasteiger partial charge >= 0.3 is 11.9 Å². The molecular formula is C41H74N10O13S. The molecule has 8 amide bonds. The summed E-state index contributed by atoms with van der Waals surface area (Å²) in [6, 6.07) is -10.4. The van der Waals surface area contributed by atoms with Crippen molar-refractivity contribution >= 4 is 71.0 Å². The Morgan fingerprint density at radius 1 is 0.523 bits per heavy atom. The number of carbonyl (C=O) groups excluding carboxylic acids is 8. The maximum atomic E-state index is 13.9. The third-order valence-electron chi connectivity index (χ3n) is 10.1. The van der Waals surface area contributed by atoms with E-state index in [4.69, 9.17) is 16.6 Å². The van der Waals surface area contributed by atoms with Crippen LogP contribution in [0.5, 0.6) is 0 Å². The fourth-order valence-corrected chi connectivity index (χ4v) is 6.47. The number of rotatable bonds is 31. The van der Waals surface area contributed by atoms with Crippen LogP contribution in [-0.4, -0.2) is 154 Å². The minimum atomic E-state index is -1.75. The van der Waals surface area contributed by atoms with E-state index in [0.717, 1.165) is 0 Å². The van der Waals surface area contributed by atoms with Gasteiger partial charge in [-0.05, 0) is 74.8 Å². The van der Waals surface area contributed by atoms with Gasteiger partial charge < -0.3 is 69.3 Å². The van der Waals surface area contributed by atoms with Gasteiger partial charge in [0.15, 0.2) is 0 Å². The third kappa shape index (κ3) is 22.1. The number of carboxylic acid groups (broad SMARTS) is 2. The Kier molecular flexibility index (Phi) is 27.8. The van der Waals surface area contributed by atoms with E-state index in [0.29, 0.717) is 18.6 Å². The van der Waals surface area contributed by atoms with Crippen molar-refractivity contribution in [3.63, 3.8) is 0 Å². The van der Waals surface area contributed by atoms with E-state index in [9.17, 15) is 58.2 Å². The number of amides is 8. The molecule has 0 bridgehead atoms. The summed E-state index contributed by atoms with van der Waals surface area (Å²) in [5.41, 5.74) is 11.7. The Bertz CT molecular complexity index is 1630. The van der Waals surface area contributed by atoms with Gasteiger partial charge in [-0.25, -0.2) is 4.79 Å². The van der Waals surface area contributed by atoms with E-state index >= 15 is 0 Å². The fourth-order valence-electron chi connectivity index (χ4n) is 6.00. The fraction of sp³-hybridized carbons (Fsp3) is 0.756. The molecule has 0 saturated carbocycles. The number of aliphatic hydroxyl groups excluding tert-OH is 1. The highest BCUT2D eigenvalue weighted by atomic mass is 32.2. The number of hydrogen-bond acceptors (Lipinski definition) is 14. The summed E-state index contributed by atoms with van der Waals surface area (Å²) in [6.07, 6.45) is 0.368. The number of aliphatic carboxylic acids is 2. The van der Waals surface area contributed by atoms with Gasteiger partial charge in [0.2, 0.25) is 47.3 Å². The van der Waals surface area contributed by atoms with Crippen molar-refractivity contribution in [1.82, 2.24) is 42.5 Å². The van der Waals surface area contributed by atoms with Crippen molar-refractivity contribution in [2.24, 2.45) is 35.1 Å². The lowest BCUT2D eigenvalue weighted by Crippen LogP contribution is -2.63. The normalized spacial score (nSPS) is 15.5. The van der Waals surface area contributed by atoms with Crippen LogP contribution in [0.2, 0.25) is 0 Å². The molecule has 0 fully saturated rings. The summed E-state index contributed by atoms with van der Waals surface area (Å²) in [7, 11) is 0. The summed E-state index contributed by atoms with van der Waals surface area (Å²) in [6.45, 7) is 14.1. The van der Waals surface area contributed by atoms with Crippen LogP contribution in [0.3, 0.4) is 0 Å². The quantitative estimate of drug-likeness (QED) is 0.0314. The Balaban J connectivity index is 6.24. The Morgan fingerprint density at radius 3 is 1.37 bits per heavy atom. The van der Waals surface area contributed by atoms with E-state index in [2.05, 4.69) is 37.2 Å². The lowest BCUT2D eigenvalue weighted by Gasteiger charge is -2.30. The first-order valence-corrected chi connectivity index (χ1v) is 23.1. The Morgan fingerprint density at radius 2 is 0.954 bits per heavy atom. The molecule has 65 heavy (non-hydrogen) atoms. The van der Waals surface area contributed by atoms with E-state index in [-0.39, 0.29) is 25.3 Å². The molecule has 0 aliphatic heterocycles. The molecule has 0 rings (SSSR count). The van der Waals surface area contributed by atoms with Crippen molar-refractivity contribution in [3.05, 3.63) is 0 Å². The maximum Gasteiger partial charge on any atom is 0.326 e. The Hall–Kier alpha value is -5.07. The van der Waals surface area contributed by atoms with Crippen molar-refractivity contribution in [2.75, 3.05) is 25.1 Å². The lowest BCUT2D eigenvalue weighted by atomic mass is 9.98. The minimum absolute atomic E-state index is 0.0606. The second-order valence-corrected chi connectivity index (χ2v) is 18.1. The van der Waals surface area contributed by atoms with Crippen LogP contribution in [0.1, 0.15) is 94.4 Å². The van der Waals surface area contributed by atoms with E-state index in [1.165, 1.54) is 18.7 Å². The third-order valence-corrected chi connectivity index (χ3v) is 10.7. The molecule has 9 atom stereocenters. The smallest absolute Gasteiger partial charge is 0.326 e. The van der Waals surface area contributed by atoms with Crippen LogP contribution in [0, 0.1) is 23.7 Å². The molecule has 23 nitrogen and oxygen atoms in total. The zero-order valence-corrected chi connectivity index (χ0v) is 40.0. The van der Waals surface area contributed by atoms with Crippen molar-refractivity contribution < 1.29 is 63.3 Å². The Labute approximate surface area is 385 Å². The predicted octanol–water partition coefficient (Wildman–Crippen LogP) is -2.73. The van der Waals surface area contributed by atoms with Crippen LogP contribution in [0.25, 0.3) is 0 Å². The number of unbranched alkanes of at least 4 members (excludes halogenated alkanes) is 1. The molecule has 0 aliphatic rings. The minimum Gasteiger partial charge on any atom is -0.481 e. The molecule has 0 aromatic heterocycles. The second kappa shape index (κ2) is 30.2. The van der Waals surface area contributed by atoms with Crippen LogP contribution in [0.15, 0.2) is 0 Å². The van der Waals surface area contributed by atoms with Gasteiger partial charge in [-0.3, -0.25) is 43.2 Å². The average Bonchev–Trinajstić information content (AvgIpc) is 3.21. The SMILES string of the molecule is CSCCC(NC(=O)C(NC(=O)C(CCCCN)NC(=O)C(NC(=O)C(NC(=O)C(NC(=O)C(N)C(C)C)C(C)C)C(C)O)C(C)C)C(C)C)C(=O)NCC(=O)NC(CC(=O)O)C(=O)O. The number of carboxylic acids is 2. The van der Waals surface area contributed by atoms with Crippen LogP contribution >= 0.6 is 11.8 Å². The van der Waals surface area contributed by atoms with Crippen LogP contribution < -0.4 is 54.0 Å². The standard InChI is InChI=1S/C41H74N10O13S/c1-19(2)29(43)36(58)49-32(22(7)8)39(61)51-33(23(9)52)40(62)50-31(21(5)6)38(60)46-24(13-11-12-15-42)35(57)48-30(20(3)4)37(59)47-25(14-16-65-10)34(56)44-18-27(53)45-26(41(63)64)17-28(54)55/h19-26,29-33,52H,11-18,42-43H2,1-10H3,(H,44,56)(H,45,53)(H,46,60)(H,47,59)(H,48,57)(H,49,58)(H,50,62)(H,51,61)(H,54,55)(H,63,64). The number of nitrogens with one attached hydrogen (secondary N) is 8. The summed E-state index contributed by atoms with van der Waals surface area (Å²) in [4.78, 5) is 129. The molecule has 15 N–H and O–H groups in total. The molecule has 0 spiro atoms. The molecular weight excluding hydrogens is 873 g/mol. The van der Waals surface area contributed by atoms with E-state index in [1.807, 2.05) is 5.32 Å². The molecule has 372 valence electrons. The number of aliphatic hydroxyl groups is 1. The number of thioether (sulfide) groups is 1. The summed E-state index contributed by atoms with van der Waals surface area (Å²) >= 11 is 1.35. The van der Waals surface area contributed by atoms with E-state index < -0.39 is 144 Å². The molecule has 0 saturated heterocycles. The first-order chi connectivity index (χ1) is 30.2. The van der Waals surface area contributed by atoms with Crippen molar-refractivity contribution in [3.8, 4) is 0 Å². The topological polar surface area (TPSA) is 380 Å². The van der Waals surface area contributed by atoms with Gasteiger partial charge in [0.05, 0.1) is 25.1 Å². The summed E-state index contributed by atoms with van der Waals surface area (Å²) in [5, 5.41) is 48.5. The molecule has 0 aliphatic carbocycles. The number of hydrogen-bond donors (Lipinski definition) is 13. The molecule has 0 aromatic carbocycles. The molecule has 0 radical (unpaired) electrons. The van der Waals surface area contributed by atoms with Gasteiger partial charge in [0.1, 0.15) is 42.3 Å². The maximum absolute atomic E-state index is 13.9. The van der Waals surface area contributed by atoms with Crippen LogP contribution in [-0.2, 0) is 47.9 Å². The van der Waals surface area contributed by atoms with Gasteiger partial charge in [0.25, 0.3) is 0 Å². The predicted molar refractivity (Wildman–Crippen MR) is 241 cm³/mol. The van der Waals surface area contributed by atoms with E-state index in [1.54, 1.807) is 61.6 Å². The van der Waals surface area contributed by atoms with Gasteiger partial charge in [0, 0.05) is 0 Å². The zero-order chi connectivity index (χ0) is 50.3. The molecule has 9 unspecified atom stereocenters. The highest BCUT2D eigenvalue weighted by Crippen LogP contribution is 2.12. The highest BCUT2D eigenvalue weighted by Gasteiger charge is 2.37. The lowest BCUT2D eigenvalue weighted by molar-refractivity contribution is -0.147. The van der Waals surface area contributed by atoms with Crippen LogP contribution in [0.4, 0.5) is 0 Å². The van der Waals surface area contributed by atoms with Gasteiger partial charge in [-0.15, -0.1) is 0 Å².